The van der Waals surface area contributed by atoms with Crippen LogP contribution in [0.4, 0.5) is 0 Å². The van der Waals surface area contributed by atoms with Crippen LogP contribution in [0.25, 0.3) is 0 Å². The van der Waals surface area contributed by atoms with Gasteiger partial charge in [0.25, 0.3) is 11.5 Å². The van der Waals surface area contributed by atoms with Crippen LogP contribution in [0.1, 0.15) is 30.1 Å². The fourth-order valence-corrected chi connectivity index (χ4v) is 2.60. The zero-order chi connectivity index (χ0) is 14.5. The van der Waals surface area contributed by atoms with Gasteiger partial charge < -0.3 is 14.8 Å². The molecule has 5 nitrogen and oxygen atoms in total. The smallest absolute Gasteiger partial charge is 0.254 e. The molecule has 2 rings (SSSR count). The Kier molecular flexibility index (Phi) is 4.95. The first-order valence-electron chi connectivity index (χ1n) is 7.28. The van der Waals surface area contributed by atoms with Crippen molar-refractivity contribution >= 4 is 5.91 Å². The second kappa shape index (κ2) is 6.70. The van der Waals surface area contributed by atoms with Crippen LogP contribution in [0.3, 0.4) is 0 Å². The number of nitrogens with zero attached hydrogens (tertiary/aromatic N) is 2. The zero-order valence-electron chi connectivity index (χ0n) is 12.3. The molecule has 0 atom stereocenters. The number of aromatic nitrogens is 1. The molecule has 0 bridgehead atoms. The summed E-state index contributed by atoms with van der Waals surface area (Å²) < 4.78 is 1.47. The third-order valence-electron chi connectivity index (χ3n) is 3.96. The second-order valence-electron chi connectivity index (χ2n) is 5.40. The lowest BCUT2D eigenvalue weighted by molar-refractivity contribution is 0.0726. The standard InChI is InChI=1S/C15H23N3O2/c1-3-18(11-12-4-7-16-8-5-12)15(20)13-6-9-17(2)14(19)10-13/h6,9-10,12,16H,3-5,7-8,11H2,1-2H3. The summed E-state index contributed by atoms with van der Waals surface area (Å²) in [4.78, 5) is 26.0. The topological polar surface area (TPSA) is 54.3 Å². The summed E-state index contributed by atoms with van der Waals surface area (Å²) in [6, 6.07) is 3.14. The van der Waals surface area contributed by atoms with E-state index < -0.39 is 0 Å². The predicted octanol–water partition coefficient (Wildman–Crippen LogP) is 0.847. The van der Waals surface area contributed by atoms with Crippen molar-refractivity contribution in [3.8, 4) is 0 Å². The molecule has 5 heteroatoms. The quantitative estimate of drug-likeness (QED) is 0.887. The molecule has 110 valence electrons. The first-order chi connectivity index (χ1) is 9.61. The Morgan fingerprint density at radius 1 is 1.45 bits per heavy atom. The van der Waals surface area contributed by atoms with Crippen molar-refractivity contribution in [2.24, 2.45) is 13.0 Å². The van der Waals surface area contributed by atoms with Gasteiger partial charge in [0.15, 0.2) is 0 Å². The molecule has 1 amide bonds. The van der Waals surface area contributed by atoms with Crippen LogP contribution < -0.4 is 10.9 Å². The van der Waals surface area contributed by atoms with Crippen LogP contribution in [-0.4, -0.2) is 41.6 Å². The summed E-state index contributed by atoms with van der Waals surface area (Å²) in [5, 5.41) is 3.33. The molecule has 0 unspecified atom stereocenters. The highest BCUT2D eigenvalue weighted by atomic mass is 16.2. The van der Waals surface area contributed by atoms with E-state index in [1.165, 1.54) is 10.6 Å². The fraction of sp³-hybridized carbons (Fsp3) is 0.600. The van der Waals surface area contributed by atoms with Gasteiger partial charge >= 0.3 is 0 Å². The van der Waals surface area contributed by atoms with Gasteiger partial charge in [0, 0.05) is 38.0 Å². The van der Waals surface area contributed by atoms with Gasteiger partial charge in [-0.15, -0.1) is 0 Å². The van der Waals surface area contributed by atoms with Crippen molar-refractivity contribution in [3.63, 3.8) is 0 Å². The Hall–Kier alpha value is -1.62. The molecular weight excluding hydrogens is 254 g/mol. The maximum Gasteiger partial charge on any atom is 0.254 e. The number of nitrogens with one attached hydrogen (secondary N) is 1. The lowest BCUT2D eigenvalue weighted by Crippen LogP contribution is -2.39. The monoisotopic (exact) mass is 277 g/mol. The summed E-state index contributed by atoms with van der Waals surface area (Å²) in [7, 11) is 1.68. The molecule has 1 aliphatic rings. The van der Waals surface area contributed by atoms with E-state index in [0.717, 1.165) is 32.5 Å². The number of rotatable bonds is 4. The first kappa shape index (κ1) is 14.8. The molecule has 2 heterocycles. The van der Waals surface area contributed by atoms with E-state index in [-0.39, 0.29) is 11.5 Å². The van der Waals surface area contributed by atoms with Gasteiger partial charge in [0.2, 0.25) is 0 Å². The maximum atomic E-state index is 12.5. The highest BCUT2D eigenvalue weighted by molar-refractivity contribution is 5.94. The number of hydrogen-bond acceptors (Lipinski definition) is 3. The summed E-state index contributed by atoms with van der Waals surface area (Å²) in [6.45, 7) is 5.51. The third-order valence-corrected chi connectivity index (χ3v) is 3.96. The van der Waals surface area contributed by atoms with E-state index in [4.69, 9.17) is 0 Å². The molecule has 1 aromatic heterocycles. The Bertz CT molecular complexity index is 518. The number of pyridine rings is 1. The molecule has 1 aliphatic heterocycles. The molecule has 20 heavy (non-hydrogen) atoms. The molecule has 1 aromatic rings. The number of amides is 1. The van der Waals surface area contributed by atoms with Crippen molar-refractivity contribution in [3.05, 3.63) is 34.2 Å². The molecular formula is C15H23N3O2. The first-order valence-corrected chi connectivity index (χ1v) is 7.28. The van der Waals surface area contributed by atoms with Gasteiger partial charge in [-0.1, -0.05) is 0 Å². The lowest BCUT2D eigenvalue weighted by atomic mass is 9.97. The molecule has 0 spiro atoms. The van der Waals surface area contributed by atoms with Crippen molar-refractivity contribution in [1.29, 1.82) is 0 Å². The number of aryl methyl sites for hydroxylation is 1. The van der Waals surface area contributed by atoms with E-state index in [0.29, 0.717) is 18.0 Å². The highest BCUT2D eigenvalue weighted by Crippen LogP contribution is 2.15. The van der Waals surface area contributed by atoms with Crippen LogP contribution in [-0.2, 0) is 7.05 Å². The number of carbonyl (C=O) groups excluding carboxylic acids is 1. The second-order valence-corrected chi connectivity index (χ2v) is 5.40. The van der Waals surface area contributed by atoms with E-state index in [1.807, 2.05) is 11.8 Å². The Balaban J connectivity index is 2.07. The molecule has 1 saturated heterocycles. The summed E-state index contributed by atoms with van der Waals surface area (Å²) in [6.07, 6.45) is 3.87. The van der Waals surface area contributed by atoms with E-state index in [2.05, 4.69) is 5.32 Å². The lowest BCUT2D eigenvalue weighted by Gasteiger charge is -2.29. The van der Waals surface area contributed by atoms with Crippen LogP contribution >= 0.6 is 0 Å². The average molecular weight is 277 g/mol. The highest BCUT2D eigenvalue weighted by Gasteiger charge is 2.20. The summed E-state index contributed by atoms with van der Waals surface area (Å²) in [5.74, 6) is 0.524. The van der Waals surface area contributed by atoms with Gasteiger partial charge in [-0.05, 0) is 44.8 Å². The minimum absolute atomic E-state index is 0.0382. The normalized spacial score (nSPS) is 16.1. The average Bonchev–Trinajstić information content (AvgIpc) is 2.48. The van der Waals surface area contributed by atoms with Crippen LogP contribution in [0.2, 0.25) is 0 Å². The van der Waals surface area contributed by atoms with Crippen molar-refractivity contribution in [1.82, 2.24) is 14.8 Å². The van der Waals surface area contributed by atoms with Gasteiger partial charge in [0.1, 0.15) is 0 Å². The van der Waals surface area contributed by atoms with Crippen molar-refractivity contribution in [2.45, 2.75) is 19.8 Å². The van der Waals surface area contributed by atoms with Crippen LogP contribution in [0.5, 0.6) is 0 Å². The van der Waals surface area contributed by atoms with Gasteiger partial charge in [-0.2, -0.15) is 0 Å². The summed E-state index contributed by atoms with van der Waals surface area (Å²) in [5.41, 5.74) is 0.345. The van der Waals surface area contributed by atoms with Gasteiger partial charge in [-0.3, -0.25) is 9.59 Å². The number of hydrogen-bond donors (Lipinski definition) is 1. The van der Waals surface area contributed by atoms with E-state index in [9.17, 15) is 9.59 Å². The van der Waals surface area contributed by atoms with Crippen molar-refractivity contribution < 1.29 is 4.79 Å². The zero-order valence-corrected chi connectivity index (χ0v) is 12.3. The van der Waals surface area contributed by atoms with E-state index >= 15 is 0 Å². The maximum absolute atomic E-state index is 12.5. The van der Waals surface area contributed by atoms with Crippen molar-refractivity contribution in [2.75, 3.05) is 26.2 Å². The fourth-order valence-electron chi connectivity index (χ4n) is 2.60. The molecule has 1 N–H and O–H groups in total. The van der Waals surface area contributed by atoms with Gasteiger partial charge in [0.05, 0.1) is 0 Å². The van der Waals surface area contributed by atoms with Crippen LogP contribution in [0, 0.1) is 5.92 Å². The third kappa shape index (κ3) is 3.48. The molecule has 0 radical (unpaired) electrons. The largest absolute Gasteiger partial charge is 0.339 e. The molecule has 0 aromatic carbocycles. The predicted molar refractivity (Wildman–Crippen MR) is 78.9 cm³/mol. The van der Waals surface area contributed by atoms with Gasteiger partial charge in [-0.25, -0.2) is 0 Å². The molecule has 1 fully saturated rings. The Morgan fingerprint density at radius 3 is 2.75 bits per heavy atom. The molecule has 0 saturated carbocycles. The van der Waals surface area contributed by atoms with E-state index in [1.54, 1.807) is 19.3 Å². The molecule has 0 aliphatic carbocycles. The Morgan fingerprint density at radius 2 is 2.15 bits per heavy atom. The number of piperidine rings is 1. The SMILES string of the molecule is CCN(CC1CCNCC1)C(=O)c1ccn(C)c(=O)c1. The minimum Gasteiger partial charge on any atom is -0.339 e. The summed E-state index contributed by atoms with van der Waals surface area (Å²) >= 11 is 0. The Labute approximate surface area is 119 Å². The number of carbonyl (C=O) groups is 1. The minimum atomic E-state index is -0.145. The van der Waals surface area contributed by atoms with Crippen LogP contribution in [0.15, 0.2) is 23.1 Å².